The number of nitrogens with two attached hydrogens (primary N) is 1. The van der Waals surface area contributed by atoms with Crippen LogP contribution < -0.4 is 11.1 Å². The number of nitrogens with zero attached hydrogens (tertiary/aromatic N) is 1. The van der Waals surface area contributed by atoms with Crippen LogP contribution in [0.2, 0.25) is 0 Å². The molecule has 1 heterocycles. The highest BCUT2D eigenvalue weighted by molar-refractivity contribution is 5.93. The third-order valence-corrected chi connectivity index (χ3v) is 3.01. The molecule has 3 rings (SSSR count). The topological polar surface area (TPSA) is 81.2 Å². The number of benzene rings is 2. The van der Waals surface area contributed by atoms with Crippen molar-refractivity contribution in [2.45, 2.75) is 0 Å². The normalized spacial score (nSPS) is 10.4. The molecule has 0 radical (unpaired) electrons. The van der Waals surface area contributed by atoms with Crippen molar-refractivity contribution in [2.24, 2.45) is 5.73 Å². The lowest BCUT2D eigenvalue weighted by Gasteiger charge is -2.02. The number of carbonyl (C=O) groups is 1. The molecule has 0 aliphatic carbocycles. The van der Waals surface area contributed by atoms with Crippen LogP contribution in [0, 0.1) is 5.82 Å². The second kappa shape index (κ2) is 5.69. The van der Waals surface area contributed by atoms with Crippen molar-refractivity contribution in [3.8, 4) is 11.3 Å². The van der Waals surface area contributed by atoms with Gasteiger partial charge in [0.15, 0.2) is 5.76 Å². The highest BCUT2D eigenvalue weighted by atomic mass is 19.1. The standard InChI is InChI=1S/C16H12FN3O2/c17-12-5-2-6-13(8-12)20-16-19-9-14(22-16)10-3-1-4-11(7-10)15(18)21/h1-9H,(H2,18,21)(H,19,20). The van der Waals surface area contributed by atoms with E-state index in [2.05, 4.69) is 10.3 Å². The first-order valence-electron chi connectivity index (χ1n) is 6.50. The Morgan fingerprint density at radius 3 is 2.77 bits per heavy atom. The Kier molecular flexibility index (Phi) is 3.57. The zero-order valence-electron chi connectivity index (χ0n) is 11.4. The first kappa shape index (κ1) is 13.8. The van der Waals surface area contributed by atoms with Crippen molar-refractivity contribution in [3.05, 3.63) is 66.1 Å². The van der Waals surface area contributed by atoms with Crippen LogP contribution in [0.1, 0.15) is 10.4 Å². The van der Waals surface area contributed by atoms with Crippen molar-refractivity contribution in [2.75, 3.05) is 5.32 Å². The summed E-state index contributed by atoms with van der Waals surface area (Å²) in [6.45, 7) is 0. The number of aromatic nitrogens is 1. The predicted molar refractivity (Wildman–Crippen MR) is 80.1 cm³/mol. The molecule has 0 bridgehead atoms. The number of halogens is 1. The van der Waals surface area contributed by atoms with Crippen molar-refractivity contribution >= 4 is 17.6 Å². The Hall–Kier alpha value is -3.15. The smallest absolute Gasteiger partial charge is 0.299 e. The summed E-state index contributed by atoms with van der Waals surface area (Å²) < 4.78 is 18.7. The first-order valence-corrected chi connectivity index (χ1v) is 6.50. The molecule has 0 fully saturated rings. The fourth-order valence-corrected chi connectivity index (χ4v) is 1.98. The maximum absolute atomic E-state index is 13.1. The SMILES string of the molecule is NC(=O)c1cccc(-c2cnc(Nc3cccc(F)c3)o2)c1. The predicted octanol–water partition coefficient (Wildman–Crippen LogP) is 3.32. The third-order valence-electron chi connectivity index (χ3n) is 3.01. The fourth-order valence-electron chi connectivity index (χ4n) is 1.98. The molecule has 0 atom stereocenters. The second-order valence-corrected chi connectivity index (χ2v) is 4.61. The van der Waals surface area contributed by atoms with E-state index in [1.165, 1.54) is 18.3 Å². The molecule has 3 aromatic rings. The zero-order chi connectivity index (χ0) is 15.5. The largest absolute Gasteiger partial charge is 0.423 e. The monoisotopic (exact) mass is 297 g/mol. The lowest BCUT2D eigenvalue weighted by Crippen LogP contribution is -2.10. The van der Waals surface area contributed by atoms with Gasteiger partial charge in [-0.2, -0.15) is 0 Å². The highest BCUT2D eigenvalue weighted by Crippen LogP contribution is 2.25. The molecule has 0 saturated carbocycles. The van der Waals surface area contributed by atoms with Crippen LogP contribution in [0.25, 0.3) is 11.3 Å². The highest BCUT2D eigenvalue weighted by Gasteiger charge is 2.09. The first-order chi connectivity index (χ1) is 10.6. The second-order valence-electron chi connectivity index (χ2n) is 4.61. The molecular weight excluding hydrogens is 285 g/mol. The van der Waals surface area contributed by atoms with E-state index in [9.17, 15) is 9.18 Å². The number of amides is 1. The molecule has 0 aliphatic rings. The molecule has 3 N–H and O–H groups in total. The van der Waals surface area contributed by atoms with Crippen LogP contribution >= 0.6 is 0 Å². The molecule has 1 aromatic heterocycles. The number of oxazole rings is 1. The van der Waals surface area contributed by atoms with E-state index in [0.717, 1.165) is 0 Å². The van der Waals surface area contributed by atoms with Gasteiger partial charge in [0.05, 0.1) is 6.20 Å². The van der Waals surface area contributed by atoms with Crippen LogP contribution in [0.5, 0.6) is 0 Å². The molecule has 5 nitrogen and oxygen atoms in total. The van der Waals surface area contributed by atoms with Crippen LogP contribution in [-0.4, -0.2) is 10.9 Å². The zero-order valence-corrected chi connectivity index (χ0v) is 11.4. The lowest BCUT2D eigenvalue weighted by atomic mass is 10.1. The number of anilines is 2. The lowest BCUT2D eigenvalue weighted by molar-refractivity contribution is 0.100. The minimum absolute atomic E-state index is 0.227. The summed E-state index contributed by atoms with van der Waals surface area (Å²) in [5.74, 6) is -0.396. The average molecular weight is 297 g/mol. The van der Waals surface area contributed by atoms with Gasteiger partial charge in [0.25, 0.3) is 6.01 Å². The van der Waals surface area contributed by atoms with Gasteiger partial charge in [0, 0.05) is 16.8 Å². The van der Waals surface area contributed by atoms with Gasteiger partial charge in [0.2, 0.25) is 5.91 Å². The van der Waals surface area contributed by atoms with Crippen LogP contribution in [0.4, 0.5) is 16.1 Å². The molecular formula is C16H12FN3O2. The Bertz CT molecular complexity index is 830. The van der Waals surface area contributed by atoms with E-state index in [1.54, 1.807) is 36.4 Å². The van der Waals surface area contributed by atoms with Crippen molar-refractivity contribution in [3.63, 3.8) is 0 Å². The van der Waals surface area contributed by atoms with Gasteiger partial charge in [-0.15, -0.1) is 0 Å². The Morgan fingerprint density at radius 2 is 2.00 bits per heavy atom. The van der Waals surface area contributed by atoms with E-state index < -0.39 is 5.91 Å². The molecule has 110 valence electrons. The Labute approximate surface area is 125 Å². The van der Waals surface area contributed by atoms with E-state index in [1.807, 2.05) is 0 Å². The fraction of sp³-hybridized carbons (Fsp3) is 0. The van der Waals surface area contributed by atoms with Crippen molar-refractivity contribution < 1.29 is 13.6 Å². The van der Waals surface area contributed by atoms with E-state index in [0.29, 0.717) is 22.6 Å². The Balaban J connectivity index is 1.84. The summed E-state index contributed by atoms with van der Waals surface area (Å²) in [7, 11) is 0. The van der Waals surface area contributed by atoms with Gasteiger partial charge >= 0.3 is 0 Å². The number of primary amides is 1. The Morgan fingerprint density at radius 1 is 1.18 bits per heavy atom. The van der Waals surface area contributed by atoms with Gasteiger partial charge in [-0.05, 0) is 30.3 Å². The van der Waals surface area contributed by atoms with Gasteiger partial charge in [-0.25, -0.2) is 9.37 Å². The summed E-state index contributed by atoms with van der Waals surface area (Å²) in [5, 5.41) is 2.86. The summed E-state index contributed by atoms with van der Waals surface area (Å²) in [6.07, 6.45) is 1.52. The van der Waals surface area contributed by atoms with Crippen LogP contribution in [-0.2, 0) is 0 Å². The minimum atomic E-state index is -0.514. The maximum atomic E-state index is 13.1. The maximum Gasteiger partial charge on any atom is 0.299 e. The van der Waals surface area contributed by atoms with Gasteiger partial charge in [0.1, 0.15) is 5.82 Å². The molecule has 2 aromatic carbocycles. The van der Waals surface area contributed by atoms with Gasteiger partial charge in [-0.1, -0.05) is 18.2 Å². The number of hydrogen-bond donors (Lipinski definition) is 2. The summed E-state index contributed by atoms with van der Waals surface area (Å²) >= 11 is 0. The van der Waals surface area contributed by atoms with E-state index >= 15 is 0 Å². The number of nitrogens with one attached hydrogen (secondary N) is 1. The molecule has 0 spiro atoms. The van der Waals surface area contributed by atoms with E-state index in [4.69, 9.17) is 10.2 Å². The summed E-state index contributed by atoms with van der Waals surface area (Å²) in [4.78, 5) is 15.3. The third kappa shape index (κ3) is 2.95. The molecule has 6 heteroatoms. The summed E-state index contributed by atoms with van der Waals surface area (Å²) in [5.41, 5.74) is 6.84. The number of carbonyl (C=O) groups excluding carboxylic acids is 1. The molecule has 0 aliphatic heterocycles. The average Bonchev–Trinajstić information content (AvgIpc) is 2.96. The molecule has 22 heavy (non-hydrogen) atoms. The molecule has 0 unspecified atom stereocenters. The van der Waals surface area contributed by atoms with E-state index in [-0.39, 0.29) is 11.8 Å². The number of rotatable bonds is 4. The summed E-state index contributed by atoms with van der Waals surface area (Å²) in [6, 6.07) is 12.9. The number of hydrogen-bond acceptors (Lipinski definition) is 4. The van der Waals surface area contributed by atoms with Gasteiger partial charge < -0.3 is 15.5 Å². The quantitative estimate of drug-likeness (QED) is 0.774. The van der Waals surface area contributed by atoms with Crippen molar-refractivity contribution in [1.29, 1.82) is 0 Å². The van der Waals surface area contributed by atoms with Crippen LogP contribution in [0.15, 0.2) is 59.1 Å². The van der Waals surface area contributed by atoms with Crippen molar-refractivity contribution in [1.82, 2.24) is 4.98 Å². The molecule has 0 saturated heterocycles. The molecule has 1 amide bonds. The van der Waals surface area contributed by atoms with Crippen LogP contribution in [0.3, 0.4) is 0 Å². The minimum Gasteiger partial charge on any atom is -0.423 e. The van der Waals surface area contributed by atoms with Gasteiger partial charge in [-0.3, -0.25) is 4.79 Å².